The highest BCUT2D eigenvalue weighted by Crippen LogP contribution is 2.39. The summed E-state index contributed by atoms with van der Waals surface area (Å²) >= 11 is 0. The predicted molar refractivity (Wildman–Crippen MR) is 78.5 cm³/mol. The van der Waals surface area contributed by atoms with Crippen molar-refractivity contribution in [2.75, 3.05) is 13.7 Å². The van der Waals surface area contributed by atoms with E-state index in [2.05, 4.69) is 36.5 Å². The van der Waals surface area contributed by atoms with E-state index in [9.17, 15) is 0 Å². The third kappa shape index (κ3) is 2.56. The molecule has 3 rings (SSSR count). The van der Waals surface area contributed by atoms with Crippen LogP contribution >= 0.6 is 0 Å². The smallest absolute Gasteiger partial charge is 0.0802 e. The maximum Gasteiger partial charge on any atom is 0.0802 e. The van der Waals surface area contributed by atoms with Gasteiger partial charge in [-0.15, -0.1) is 0 Å². The molecule has 2 nitrogen and oxygen atoms in total. The first-order chi connectivity index (χ1) is 9.22. The zero-order chi connectivity index (χ0) is 13.3. The van der Waals surface area contributed by atoms with Gasteiger partial charge in [0.15, 0.2) is 0 Å². The Labute approximate surface area is 116 Å². The van der Waals surface area contributed by atoms with E-state index >= 15 is 0 Å². The molecule has 0 heterocycles. The second kappa shape index (κ2) is 5.26. The highest BCUT2D eigenvalue weighted by molar-refractivity contribution is 5.31. The minimum absolute atomic E-state index is 0.160. The molecule has 0 unspecified atom stereocenters. The van der Waals surface area contributed by atoms with Crippen LogP contribution in [0.15, 0.2) is 24.3 Å². The molecular weight excluding hydrogens is 234 g/mol. The Morgan fingerprint density at radius 3 is 2.58 bits per heavy atom. The number of ether oxygens (including phenoxy) is 1. The van der Waals surface area contributed by atoms with E-state index in [1.54, 1.807) is 5.56 Å². The second-order valence-corrected chi connectivity index (χ2v) is 6.34. The highest BCUT2D eigenvalue weighted by Gasteiger charge is 2.39. The minimum atomic E-state index is 0.160. The fourth-order valence-electron chi connectivity index (χ4n) is 3.44. The van der Waals surface area contributed by atoms with Gasteiger partial charge in [0, 0.05) is 19.7 Å². The normalized spacial score (nSPS) is 28.5. The molecule has 1 N–H and O–H groups in total. The summed E-state index contributed by atoms with van der Waals surface area (Å²) in [6, 6.07) is 9.50. The molecule has 0 radical (unpaired) electrons. The molecule has 2 aliphatic rings. The van der Waals surface area contributed by atoms with E-state index in [1.165, 1.54) is 37.7 Å². The van der Waals surface area contributed by atoms with Crippen molar-refractivity contribution in [2.45, 2.75) is 56.6 Å². The summed E-state index contributed by atoms with van der Waals surface area (Å²) in [4.78, 5) is 0. The van der Waals surface area contributed by atoms with Gasteiger partial charge < -0.3 is 10.1 Å². The molecule has 19 heavy (non-hydrogen) atoms. The summed E-state index contributed by atoms with van der Waals surface area (Å²) in [6.07, 6.45) is 6.34. The van der Waals surface area contributed by atoms with Crippen LogP contribution in [0.5, 0.6) is 0 Å². The Morgan fingerprint density at radius 2 is 2.00 bits per heavy atom. The van der Waals surface area contributed by atoms with Gasteiger partial charge in [0.1, 0.15) is 0 Å². The zero-order valence-corrected chi connectivity index (χ0v) is 12.1. The van der Waals surface area contributed by atoms with Crippen molar-refractivity contribution in [2.24, 2.45) is 0 Å². The lowest BCUT2D eigenvalue weighted by Crippen LogP contribution is -2.52. The van der Waals surface area contributed by atoms with Crippen LogP contribution in [0.4, 0.5) is 0 Å². The molecule has 0 aromatic heterocycles. The molecule has 0 saturated heterocycles. The molecule has 1 aromatic rings. The summed E-state index contributed by atoms with van der Waals surface area (Å²) in [5.41, 5.74) is 3.15. The fraction of sp³-hybridized carbons (Fsp3) is 0.647. The van der Waals surface area contributed by atoms with Crippen molar-refractivity contribution < 1.29 is 4.74 Å². The van der Waals surface area contributed by atoms with E-state index in [4.69, 9.17) is 4.74 Å². The van der Waals surface area contributed by atoms with Crippen LogP contribution in [-0.4, -0.2) is 25.3 Å². The average Bonchev–Trinajstić information content (AvgIpc) is 2.32. The number of aryl methyl sites for hydroxylation is 1. The van der Waals surface area contributed by atoms with Crippen molar-refractivity contribution in [1.82, 2.24) is 5.32 Å². The van der Waals surface area contributed by atoms with Crippen LogP contribution in [0.25, 0.3) is 0 Å². The zero-order valence-electron chi connectivity index (χ0n) is 12.1. The molecule has 2 aliphatic carbocycles. The van der Waals surface area contributed by atoms with Crippen molar-refractivity contribution in [1.29, 1.82) is 0 Å². The third-order valence-corrected chi connectivity index (χ3v) is 5.18. The van der Waals surface area contributed by atoms with E-state index < -0.39 is 0 Å². The summed E-state index contributed by atoms with van der Waals surface area (Å²) in [7, 11) is 1.86. The van der Waals surface area contributed by atoms with E-state index in [1.807, 2.05) is 7.11 Å². The van der Waals surface area contributed by atoms with Gasteiger partial charge in [-0.3, -0.25) is 0 Å². The number of hydrogen-bond acceptors (Lipinski definition) is 2. The standard InChI is InChI=1S/C17H25NO/c1-13-6-3-4-7-16(13)14-10-15(11-14)18-12-17(19-2)8-5-9-17/h3-4,6-7,14-15,18H,5,8-12H2,1-2H3. The van der Waals surface area contributed by atoms with E-state index in [0.29, 0.717) is 6.04 Å². The third-order valence-electron chi connectivity index (χ3n) is 5.18. The van der Waals surface area contributed by atoms with Crippen LogP contribution in [-0.2, 0) is 4.74 Å². The Balaban J connectivity index is 1.47. The molecule has 0 spiro atoms. The van der Waals surface area contributed by atoms with Crippen LogP contribution in [0.1, 0.15) is 49.1 Å². The topological polar surface area (TPSA) is 21.3 Å². The van der Waals surface area contributed by atoms with E-state index in [0.717, 1.165) is 12.5 Å². The van der Waals surface area contributed by atoms with Gasteiger partial charge in [-0.05, 0) is 56.1 Å². The van der Waals surface area contributed by atoms with Gasteiger partial charge in [0.25, 0.3) is 0 Å². The second-order valence-electron chi connectivity index (χ2n) is 6.34. The molecular formula is C17H25NO. The number of methoxy groups -OCH3 is 1. The van der Waals surface area contributed by atoms with Crippen molar-refractivity contribution in [3.8, 4) is 0 Å². The molecule has 2 fully saturated rings. The fourth-order valence-corrected chi connectivity index (χ4v) is 3.44. The maximum atomic E-state index is 5.66. The summed E-state index contributed by atoms with van der Waals surface area (Å²) in [6.45, 7) is 3.26. The first-order valence-corrected chi connectivity index (χ1v) is 7.56. The maximum absolute atomic E-state index is 5.66. The Hall–Kier alpha value is -0.860. The highest BCUT2D eigenvalue weighted by atomic mass is 16.5. The van der Waals surface area contributed by atoms with Crippen LogP contribution in [0.2, 0.25) is 0 Å². The lowest BCUT2D eigenvalue weighted by atomic mass is 9.73. The van der Waals surface area contributed by atoms with Gasteiger partial charge in [0.2, 0.25) is 0 Å². The van der Waals surface area contributed by atoms with Crippen LogP contribution < -0.4 is 5.32 Å². The monoisotopic (exact) mass is 259 g/mol. The molecule has 2 heteroatoms. The average molecular weight is 259 g/mol. The SMILES string of the molecule is COC1(CNC2CC(c3ccccc3C)C2)CCC1. The summed E-state index contributed by atoms with van der Waals surface area (Å²) in [5, 5.41) is 3.71. The number of nitrogens with one attached hydrogen (secondary N) is 1. The predicted octanol–water partition coefficient (Wildman–Crippen LogP) is 3.40. The lowest BCUT2D eigenvalue weighted by Gasteiger charge is -2.44. The molecule has 2 saturated carbocycles. The van der Waals surface area contributed by atoms with Crippen molar-refractivity contribution in [3.63, 3.8) is 0 Å². The number of benzene rings is 1. The molecule has 104 valence electrons. The van der Waals surface area contributed by atoms with Crippen molar-refractivity contribution in [3.05, 3.63) is 35.4 Å². The molecule has 0 aliphatic heterocycles. The van der Waals surface area contributed by atoms with Gasteiger partial charge in [-0.25, -0.2) is 0 Å². The van der Waals surface area contributed by atoms with Gasteiger partial charge in [0.05, 0.1) is 5.60 Å². The quantitative estimate of drug-likeness (QED) is 0.875. The summed E-state index contributed by atoms with van der Waals surface area (Å²) < 4.78 is 5.66. The first-order valence-electron chi connectivity index (χ1n) is 7.56. The van der Waals surface area contributed by atoms with Crippen molar-refractivity contribution >= 4 is 0 Å². The van der Waals surface area contributed by atoms with Gasteiger partial charge >= 0.3 is 0 Å². The van der Waals surface area contributed by atoms with E-state index in [-0.39, 0.29) is 5.60 Å². The Morgan fingerprint density at radius 1 is 1.26 bits per heavy atom. The largest absolute Gasteiger partial charge is 0.377 e. The summed E-state index contributed by atoms with van der Waals surface area (Å²) in [5.74, 6) is 0.763. The minimum Gasteiger partial charge on any atom is -0.377 e. The van der Waals surface area contributed by atoms with Gasteiger partial charge in [-0.2, -0.15) is 0 Å². The number of hydrogen-bond donors (Lipinski definition) is 1. The Bertz CT molecular complexity index is 427. The lowest BCUT2D eigenvalue weighted by molar-refractivity contribution is -0.0724. The first kappa shape index (κ1) is 13.1. The van der Waals surface area contributed by atoms with Crippen LogP contribution in [0.3, 0.4) is 0 Å². The molecule has 0 atom stereocenters. The Kier molecular flexibility index (Phi) is 3.64. The van der Waals surface area contributed by atoms with Gasteiger partial charge in [-0.1, -0.05) is 24.3 Å². The number of rotatable bonds is 5. The molecule has 1 aromatic carbocycles. The molecule has 0 amide bonds. The van der Waals surface area contributed by atoms with Crippen LogP contribution in [0, 0.1) is 6.92 Å². The molecule has 0 bridgehead atoms.